The van der Waals surface area contributed by atoms with Gasteiger partial charge in [-0.1, -0.05) is 0 Å². The number of anilines is 2. The standard InChI is InChI=1S/C9H15N5/c1-13(2)7-5-14(6-7)9-4-3-8(10)11-12-9/h3-4,7H,5-6H2,1-2H3,(H2,10,11). The Balaban J connectivity index is 1.96. The van der Waals surface area contributed by atoms with Crippen molar-refractivity contribution < 1.29 is 0 Å². The molecule has 1 saturated heterocycles. The smallest absolute Gasteiger partial charge is 0.151 e. The van der Waals surface area contributed by atoms with Gasteiger partial charge in [-0.15, -0.1) is 10.2 Å². The van der Waals surface area contributed by atoms with E-state index in [0.29, 0.717) is 11.9 Å². The molecule has 0 atom stereocenters. The predicted molar refractivity (Wildman–Crippen MR) is 56.1 cm³/mol. The van der Waals surface area contributed by atoms with E-state index in [2.05, 4.69) is 34.1 Å². The first kappa shape index (κ1) is 9.21. The summed E-state index contributed by atoms with van der Waals surface area (Å²) in [5, 5.41) is 7.85. The van der Waals surface area contributed by atoms with Gasteiger partial charge in [-0.25, -0.2) is 0 Å². The largest absolute Gasteiger partial charge is 0.382 e. The van der Waals surface area contributed by atoms with E-state index >= 15 is 0 Å². The third-order valence-electron chi connectivity index (χ3n) is 2.59. The minimum Gasteiger partial charge on any atom is -0.382 e. The molecule has 0 spiro atoms. The van der Waals surface area contributed by atoms with Crippen molar-refractivity contribution in [1.82, 2.24) is 15.1 Å². The zero-order chi connectivity index (χ0) is 10.1. The van der Waals surface area contributed by atoms with Gasteiger partial charge >= 0.3 is 0 Å². The lowest BCUT2D eigenvalue weighted by atomic mass is 10.1. The average Bonchev–Trinajstić information content (AvgIpc) is 2.05. The molecule has 0 unspecified atom stereocenters. The van der Waals surface area contributed by atoms with E-state index in [0.717, 1.165) is 18.9 Å². The van der Waals surface area contributed by atoms with Gasteiger partial charge in [0, 0.05) is 19.1 Å². The van der Waals surface area contributed by atoms with Crippen LogP contribution in [0.3, 0.4) is 0 Å². The van der Waals surface area contributed by atoms with Crippen molar-refractivity contribution in [2.24, 2.45) is 0 Å². The first-order chi connectivity index (χ1) is 6.66. The lowest BCUT2D eigenvalue weighted by Gasteiger charge is -2.43. The number of nitrogens with two attached hydrogens (primary N) is 1. The molecule has 0 amide bonds. The van der Waals surface area contributed by atoms with Gasteiger partial charge in [0.2, 0.25) is 0 Å². The molecule has 2 N–H and O–H groups in total. The molecule has 1 aliphatic rings. The summed E-state index contributed by atoms with van der Waals surface area (Å²) in [6, 6.07) is 4.33. The summed E-state index contributed by atoms with van der Waals surface area (Å²) >= 11 is 0. The summed E-state index contributed by atoms with van der Waals surface area (Å²) in [5.41, 5.74) is 5.46. The van der Waals surface area contributed by atoms with Crippen LogP contribution in [-0.2, 0) is 0 Å². The summed E-state index contributed by atoms with van der Waals surface area (Å²) in [5.74, 6) is 1.38. The van der Waals surface area contributed by atoms with Crippen LogP contribution in [0.4, 0.5) is 11.6 Å². The molecule has 1 aliphatic heterocycles. The van der Waals surface area contributed by atoms with Crippen LogP contribution in [0.1, 0.15) is 0 Å². The maximum atomic E-state index is 5.46. The van der Waals surface area contributed by atoms with E-state index in [1.165, 1.54) is 0 Å². The molecule has 0 aliphatic carbocycles. The maximum absolute atomic E-state index is 5.46. The Labute approximate surface area is 83.5 Å². The molecular formula is C9H15N5. The van der Waals surface area contributed by atoms with Crippen molar-refractivity contribution >= 4 is 11.6 Å². The fraction of sp³-hybridized carbons (Fsp3) is 0.556. The monoisotopic (exact) mass is 193 g/mol. The molecule has 1 aromatic heterocycles. The van der Waals surface area contributed by atoms with Crippen LogP contribution < -0.4 is 10.6 Å². The van der Waals surface area contributed by atoms with Gasteiger partial charge in [0.15, 0.2) is 5.82 Å². The number of hydrogen-bond acceptors (Lipinski definition) is 5. The summed E-state index contributed by atoms with van der Waals surface area (Å²) in [4.78, 5) is 4.42. The molecule has 76 valence electrons. The number of aromatic nitrogens is 2. The van der Waals surface area contributed by atoms with Crippen LogP contribution in [0.5, 0.6) is 0 Å². The van der Waals surface area contributed by atoms with Gasteiger partial charge in [0.1, 0.15) is 5.82 Å². The molecule has 1 aromatic rings. The zero-order valence-corrected chi connectivity index (χ0v) is 8.51. The van der Waals surface area contributed by atoms with Gasteiger partial charge in [-0.05, 0) is 26.2 Å². The predicted octanol–water partition coefficient (Wildman–Crippen LogP) is -0.191. The Kier molecular flexibility index (Phi) is 2.25. The van der Waals surface area contributed by atoms with Crippen molar-refractivity contribution in [3.8, 4) is 0 Å². The van der Waals surface area contributed by atoms with Crippen LogP contribution in [-0.4, -0.2) is 48.3 Å². The maximum Gasteiger partial charge on any atom is 0.151 e. The van der Waals surface area contributed by atoms with Gasteiger partial charge in [-0.2, -0.15) is 0 Å². The van der Waals surface area contributed by atoms with Crippen molar-refractivity contribution in [3.63, 3.8) is 0 Å². The second kappa shape index (κ2) is 3.42. The van der Waals surface area contributed by atoms with Crippen LogP contribution in [0.2, 0.25) is 0 Å². The van der Waals surface area contributed by atoms with Crippen molar-refractivity contribution in [2.45, 2.75) is 6.04 Å². The Morgan fingerprint density at radius 3 is 2.57 bits per heavy atom. The highest BCUT2D eigenvalue weighted by Crippen LogP contribution is 2.19. The first-order valence-electron chi connectivity index (χ1n) is 4.67. The Morgan fingerprint density at radius 1 is 1.36 bits per heavy atom. The summed E-state index contributed by atoms with van der Waals surface area (Å²) in [6.45, 7) is 2.04. The van der Waals surface area contributed by atoms with E-state index in [1.807, 2.05) is 6.07 Å². The first-order valence-corrected chi connectivity index (χ1v) is 4.67. The van der Waals surface area contributed by atoms with E-state index < -0.39 is 0 Å². The molecule has 1 fully saturated rings. The highest BCUT2D eigenvalue weighted by Gasteiger charge is 2.29. The molecule has 5 nitrogen and oxygen atoms in total. The van der Waals surface area contributed by atoms with Crippen molar-refractivity contribution in [2.75, 3.05) is 37.8 Å². The highest BCUT2D eigenvalue weighted by molar-refractivity contribution is 5.44. The lowest BCUT2D eigenvalue weighted by Crippen LogP contribution is -2.57. The molecular weight excluding hydrogens is 178 g/mol. The molecule has 5 heteroatoms. The second-order valence-electron chi connectivity index (χ2n) is 3.84. The number of rotatable bonds is 2. The third kappa shape index (κ3) is 1.63. The second-order valence-corrected chi connectivity index (χ2v) is 3.84. The minimum atomic E-state index is 0.471. The minimum absolute atomic E-state index is 0.471. The number of nitrogen functional groups attached to an aromatic ring is 1. The van der Waals surface area contributed by atoms with Crippen molar-refractivity contribution in [1.29, 1.82) is 0 Å². The van der Waals surface area contributed by atoms with E-state index in [-0.39, 0.29) is 0 Å². The van der Waals surface area contributed by atoms with Crippen molar-refractivity contribution in [3.05, 3.63) is 12.1 Å². The van der Waals surface area contributed by atoms with Crippen LogP contribution >= 0.6 is 0 Å². The summed E-state index contributed by atoms with van der Waals surface area (Å²) in [6.07, 6.45) is 0. The number of hydrogen-bond donors (Lipinski definition) is 1. The Morgan fingerprint density at radius 2 is 2.07 bits per heavy atom. The Bertz CT molecular complexity index is 301. The van der Waals surface area contributed by atoms with Crippen LogP contribution in [0.15, 0.2) is 12.1 Å². The molecule has 0 bridgehead atoms. The quantitative estimate of drug-likeness (QED) is 0.705. The topological polar surface area (TPSA) is 58.3 Å². The molecule has 0 saturated carbocycles. The van der Waals surface area contributed by atoms with E-state index in [4.69, 9.17) is 5.73 Å². The molecule has 0 radical (unpaired) electrons. The van der Waals surface area contributed by atoms with Crippen LogP contribution in [0, 0.1) is 0 Å². The third-order valence-corrected chi connectivity index (χ3v) is 2.59. The van der Waals surface area contributed by atoms with E-state index in [1.54, 1.807) is 6.07 Å². The molecule has 2 heterocycles. The lowest BCUT2D eigenvalue weighted by molar-refractivity contribution is 0.246. The zero-order valence-electron chi connectivity index (χ0n) is 8.51. The Hall–Kier alpha value is -1.36. The SMILES string of the molecule is CN(C)C1CN(c2ccc(N)nn2)C1. The molecule has 0 aromatic carbocycles. The number of nitrogens with zero attached hydrogens (tertiary/aromatic N) is 4. The molecule has 2 rings (SSSR count). The van der Waals surface area contributed by atoms with Gasteiger partial charge in [0.25, 0.3) is 0 Å². The molecule has 14 heavy (non-hydrogen) atoms. The van der Waals surface area contributed by atoms with E-state index in [9.17, 15) is 0 Å². The summed E-state index contributed by atoms with van der Waals surface area (Å²) < 4.78 is 0. The summed E-state index contributed by atoms with van der Waals surface area (Å²) in [7, 11) is 4.19. The highest BCUT2D eigenvalue weighted by atomic mass is 15.3. The average molecular weight is 193 g/mol. The van der Waals surface area contributed by atoms with Gasteiger partial charge in [0.05, 0.1) is 0 Å². The van der Waals surface area contributed by atoms with Gasteiger partial charge in [-0.3, -0.25) is 0 Å². The fourth-order valence-electron chi connectivity index (χ4n) is 1.47. The normalized spacial score (nSPS) is 17.2. The van der Waals surface area contributed by atoms with Gasteiger partial charge < -0.3 is 15.5 Å². The fourth-order valence-corrected chi connectivity index (χ4v) is 1.47. The number of likely N-dealkylation sites (N-methyl/N-ethyl adjacent to an activating group) is 1. The van der Waals surface area contributed by atoms with Crippen LogP contribution in [0.25, 0.3) is 0 Å².